The van der Waals surface area contributed by atoms with Crippen molar-refractivity contribution in [3.05, 3.63) is 56.7 Å². The van der Waals surface area contributed by atoms with E-state index in [1.54, 1.807) is 32.0 Å². The van der Waals surface area contributed by atoms with Crippen molar-refractivity contribution < 1.29 is 23.1 Å². The first kappa shape index (κ1) is 19.8. The first-order chi connectivity index (χ1) is 12.4. The van der Waals surface area contributed by atoms with Crippen LogP contribution in [0.25, 0.3) is 5.69 Å². The Morgan fingerprint density at radius 2 is 1.69 bits per heavy atom. The molecule has 0 saturated heterocycles. The zero-order chi connectivity index (χ0) is 19.3. The smallest absolute Gasteiger partial charge is 0.378 e. The molecule has 0 aliphatic carbocycles. The molecule has 1 N–H and O–H groups in total. The summed E-state index contributed by atoms with van der Waals surface area (Å²) in [7, 11) is -3.05. The molecule has 0 aliphatic rings. The normalized spacial score (nSPS) is 11.3. The Kier molecular flexibility index (Phi) is 6.31. The van der Waals surface area contributed by atoms with E-state index in [0.717, 1.165) is 11.7 Å². The summed E-state index contributed by atoms with van der Waals surface area (Å²) in [6.07, 6.45) is 0. The Hall–Kier alpha value is -2.48. The average Bonchev–Trinajstić information content (AvgIpc) is 2.62. The van der Waals surface area contributed by atoms with Crippen LogP contribution in [0.4, 0.5) is 0 Å². The van der Waals surface area contributed by atoms with Crippen LogP contribution in [0.15, 0.2) is 39.9 Å². The van der Waals surface area contributed by atoms with Gasteiger partial charge in [-0.05, 0) is 26.0 Å². The number of para-hydroxylation sites is 1. The van der Waals surface area contributed by atoms with Crippen molar-refractivity contribution in [1.29, 1.82) is 0 Å². The van der Waals surface area contributed by atoms with E-state index in [1.165, 1.54) is 12.1 Å². The van der Waals surface area contributed by atoms with Crippen LogP contribution < -0.4 is 16.7 Å². The fourth-order valence-corrected chi connectivity index (χ4v) is 4.04. The largest absolute Gasteiger partial charge is 0.465 e. The molecule has 0 spiro atoms. The van der Waals surface area contributed by atoms with E-state index < -0.39 is 35.8 Å². The van der Waals surface area contributed by atoms with Crippen LogP contribution in [0.1, 0.15) is 24.2 Å². The molecule has 0 saturated carbocycles. The van der Waals surface area contributed by atoms with Gasteiger partial charge in [0.25, 0.3) is 5.56 Å². The molecule has 0 aliphatic heterocycles. The number of hydrogen-bond donors (Lipinski definition) is 1. The summed E-state index contributed by atoms with van der Waals surface area (Å²) >= 11 is 0. The van der Waals surface area contributed by atoms with Gasteiger partial charge >= 0.3 is 19.3 Å². The van der Waals surface area contributed by atoms with Gasteiger partial charge in [0.2, 0.25) is 0 Å². The van der Waals surface area contributed by atoms with Crippen molar-refractivity contribution >= 4 is 19.0 Å². The van der Waals surface area contributed by atoms with Crippen molar-refractivity contribution in [2.45, 2.75) is 13.8 Å². The molecule has 0 bridgehead atoms. The number of methoxy groups -OCH3 is 1. The fourth-order valence-electron chi connectivity index (χ4n) is 2.33. The molecule has 1 aromatic carbocycles. The Bertz CT molecular complexity index is 939. The summed E-state index contributed by atoms with van der Waals surface area (Å²) in [6, 6.07) is 7.98. The third kappa shape index (κ3) is 3.70. The SMILES string of the molecule is CCOP(=O)(OCC)c1[nH]c(=O)n(-c2ccccc2)c(=O)c1C(=O)OC. The predicted octanol–water partition coefficient (Wildman–Crippen LogP) is 1.20. The van der Waals surface area contributed by atoms with Crippen LogP contribution in [0.5, 0.6) is 0 Å². The third-order valence-electron chi connectivity index (χ3n) is 3.36. The fraction of sp³-hybridized carbons (Fsp3) is 0.312. The molecule has 0 atom stereocenters. The lowest BCUT2D eigenvalue weighted by Gasteiger charge is -2.19. The number of benzene rings is 1. The number of carbonyl (C=O) groups is 1. The number of hydrogen-bond acceptors (Lipinski definition) is 7. The number of aromatic nitrogens is 2. The first-order valence-corrected chi connectivity index (χ1v) is 9.36. The molecule has 9 nitrogen and oxygen atoms in total. The maximum Gasteiger partial charge on any atom is 0.378 e. The molecule has 0 amide bonds. The van der Waals surface area contributed by atoms with E-state index in [0.29, 0.717) is 0 Å². The van der Waals surface area contributed by atoms with Crippen molar-refractivity contribution in [3.8, 4) is 5.69 Å². The van der Waals surface area contributed by atoms with Gasteiger partial charge in [-0.25, -0.2) is 14.2 Å². The number of ether oxygens (including phenoxy) is 1. The number of H-pyrrole nitrogens is 1. The van der Waals surface area contributed by atoms with Crippen LogP contribution in [-0.4, -0.2) is 35.8 Å². The minimum atomic E-state index is -4.11. The highest BCUT2D eigenvalue weighted by molar-refractivity contribution is 7.62. The second-order valence-corrected chi connectivity index (χ2v) is 6.91. The monoisotopic (exact) mass is 382 g/mol. The summed E-state index contributed by atoms with van der Waals surface area (Å²) in [6.45, 7) is 3.07. The van der Waals surface area contributed by atoms with Gasteiger partial charge in [0.15, 0.2) is 11.0 Å². The maximum absolute atomic E-state index is 13.0. The zero-order valence-corrected chi connectivity index (χ0v) is 15.4. The summed E-state index contributed by atoms with van der Waals surface area (Å²) in [5, 5.41) is 0. The van der Waals surface area contributed by atoms with E-state index in [4.69, 9.17) is 9.05 Å². The van der Waals surface area contributed by atoms with Gasteiger partial charge in [-0.2, -0.15) is 0 Å². The molecular weight excluding hydrogens is 363 g/mol. The Balaban J connectivity index is 2.87. The molecule has 10 heteroatoms. The number of nitrogens with zero attached hydrogens (tertiary/aromatic N) is 1. The quantitative estimate of drug-likeness (QED) is 0.565. The molecular formula is C16H19N2O7P. The van der Waals surface area contributed by atoms with Crippen molar-refractivity contribution in [1.82, 2.24) is 9.55 Å². The third-order valence-corrected chi connectivity index (χ3v) is 5.44. The first-order valence-electron chi connectivity index (χ1n) is 7.82. The van der Waals surface area contributed by atoms with Crippen LogP contribution in [0.3, 0.4) is 0 Å². The molecule has 1 aromatic heterocycles. The molecule has 26 heavy (non-hydrogen) atoms. The van der Waals surface area contributed by atoms with Crippen LogP contribution in [-0.2, 0) is 18.3 Å². The summed E-state index contributed by atoms with van der Waals surface area (Å²) < 4.78 is 28.7. The molecule has 0 radical (unpaired) electrons. The minimum Gasteiger partial charge on any atom is -0.465 e. The maximum atomic E-state index is 13.0. The Morgan fingerprint density at radius 1 is 1.12 bits per heavy atom. The number of nitrogens with one attached hydrogen (secondary N) is 1. The van der Waals surface area contributed by atoms with Gasteiger partial charge < -0.3 is 13.8 Å². The number of aromatic amines is 1. The number of esters is 1. The van der Waals surface area contributed by atoms with Crippen molar-refractivity contribution in [2.24, 2.45) is 0 Å². The second kappa shape index (κ2) is 8.27. The molecule has 2 rings (SSSR count). The Labute approximate surface area is 149 Å². The summed E-state index contributed by atoms with van der Waals surface area (Å²) in [5.74, 6) is -1.06. The highest BCUT2D eigenvalue weighted by Crippen LogP contribution is 2.46. The van der Waals surface area contributed by atoms with E-state index in [-0.39, 0.29) is 18.9 Å². The van der Waals surface area contributed by atoms with E-state index >= 15 is 0 Å². The standard InChI is InChI=1S/C16H19N2O7P/c1-4-24-26(22,25-5-2)13-12(15(20)23-3)14(19)18(16(21)17-13)11-9-7-6-8-10-11/h6-10H,4-5H2,1-3H3,(H,17,21). The number of carbonyl (C=O) groups excluding carboxylic acids is 1. The highest BCUT2D eigenvalue weighted by atomic mass is 31.2. The van der Waals surface area contributed by atoms with Crippen LogP contribution in [0.2, 0.25) is 0 Å². The molecule has 0 unspecified atom stereocenters. The number of rotatable bonds is 7. The van der Waals surface area contributed by atoms with Gasteiger partial charge in [-0.1, -0.05) is 18.2 Å². The molecule has 1 heterocycles. The van der Waals surface area contributed by atoms with E-state index in [9.17, 15) is 18.9 Å². The predicted molar refractivity (Wildman–Crippen MR) is 94.5 cm³/mol. The second-order valence-electron chi connectivity index (χ2n) is 4.95. The molecule has 140 valence electrons. The minimum absolute atomic E-state index is 0.0261. The van der Waals surface area contributed by atoms with Gasteiger partial charge in [0.1, 0.15) is 0 Å². The van der Waals surface area contributed by atoms with Gasteiger partial charge in [-0.15, -0.1) is 0 Å². The lowest BCUT2D eigenvalue weighted by Crippen LogP contribution is -2.45. The molecule has 0 fully saturated rings. The average molecular weight is 382 g/mol. The van der Waals surface area contributed by atoms with Gasteiger partial charge in [0.05, 0.1) is 26.0 Å². The van der Waals surface area contributed by atoms with Crippen LogP contribution in [0, 0.1) is 0 Å². The van der Waals surface area contributed by atoms with Gasteiger partial charge in [-0.3, -0.25) is 14.3 Å². The van der Waals surface area contributed by atoms with Crippen molar-refractivity contribution in [3.63, 3.8) is 0 Å². The van der Waals surface area contributed by atoms with Crippen LogP contribution >= 0.6 is 7.60 Å². The summed E-state index contributed by atoms with van der Waals surface area (Å²) in [5.41, 5.74) is -2.76. The van der Waals surface area contributed by atoms with E-state index in [1.807, 2.05) is 0 Å². The van der Waals surface area contributed by atoms with Crippen molar-refractivity contribution in [2.75, 3.05) is 20.3 Å². The zero-order valence-electron chi connectivity index (χ0n) is 14.6. The van der Waals surface area contributed by atoms with Gasteiger partial charge in [0, 0.05) is 0 Å². The lowest BCUT2D eigenvalue weighted by molar-refractivity contribution is 0.0598. The molecule has 2 aromatic rings. The summed E-state index contributed by atoms with van der Waals surface area (Å²) in [4.78, 5) is 39.9. The topological polar surface area (TPSA) is 117 Å². The Morgan fingerprint density at radius 3 is 2.19 bits per heavy atom. The van der Waals surface area contributed by atoms with E-state index in [2.05, 4.69) is 9.72 Å². The lowest BCUT2D eigenvalue weighted by atomic mass is 10.3. The highest BCUT2D eigenvalue weighted by Gasteiger charge is 2.37.